The molecule has 0 saturated carbocycles. The monoisotopic (exact) mass is 255 g/mol. The van der Waals surface area contributed by atoms with Crippen LogP contribution in [0, 0.1) is 0 Å². The standard InChI is InChI=1S/C14H13N3O2/c1-16-8-6-11(15-16)14(19)17-9-7-13(18)10-4-2-3-5-12(10)17/h2-6,8H,7,9H2,1H3. The summed E-state index contributed by atoms with van der Waals surface area (Å²) in [5, 5.41) is 4.12. The van der Waals surface area contributed by atoms with Crippen LogP contribution in [0.5, 0.6) is 0 Å². The quantitative estimate of drug-likeness (QED) is 0.778. The molecule has 2 heterocycles. The SMILES string of the molecule is Cn1ccc(C(=O)N2CCC(=O)c3ccccc32)n1. The van der Waals surface area contributed by atoms with Crippen LogP contribution in [0.4, 0.5) is 5.69 Å². The van der Waals surface area contributed by atoms with Gasteiger partial charge in [0, 0.05) is 31.8 Å². The van der Waals surface area contributed by atoms with E-state index in [1.807, 2.05) is 12.1 Å². The summed E-state index contributed by atoms with van der Waals surface area (Å²) in [6.07, 6.45) is 2.09. The number of amides is 1. The zero-order chi connectivity index (χ0) is 13.4. The molecule has 0 radical (unpaired) electrons. The van der Waals surface area contributed by atoms with Crippen LogP contribution < -0.4 is 4.90 Å². The van der Waals surface area contributed by atoms with Crippen LogP contribution in [0.2, 0.25) is 0 Å². The van der Waals surface area contributed by atoms with E-state index < -0.39 is 0 Å². The number of aromatic nitrogens is 2. The number of nitrogens with zero attached hydrogens (tertiary/aromatic N) is 3. The average Bonchev–Trinajstić information content (AvgIpc) is 2.86. The van der Waals surface area contributed by atoms with E-state index in [0.29, 0.717) is 29.9 Å². The number of carbonyl (C=O) groups is 2. The van der Waals surface area contributed by atoms with Crippen molar-refractivity contribution < 1.29 is 9.59 Å². The number of aryl methyl sites for hydroxylation is 1. The number of hydrogen-bond donors (Lipinski definition) is 0. The molecule has 5 nitrogen and oxygen atoms in total. The Hall–Kier alpha value is -2.43. The molecule has 1 aromatic carbocycles. The van der Waals surface area contributed by atoms with Gasteiger partial charge in [0.1, 0.15) is 0 Å². The first kappa shape index (κ1) is 11.6. The highest BCUT2D eigenvalue weighted by molar-refractivity contribution is 6.12. The highest BCUT2D eigenvalue weighted by atomic mass is 16.2. The summed E-state index contributed by atoms with van der Waals surface area (Å²) < 4.78 is 1.59. The Balaban J connectivity index is 2.01. The number of carbonyl (C=O) groups excluding carboxylic acids is 2. The molecular formula is C14H13N3O2. The first-order valence-corrected chi connectivity index (χ1v) is 6.10. The molecule has 1 amide bonds. The Morgan fingerprint density at radius 2 is 2.05 bits per heavy atom. The van der Waals surface area contributed by atoms with Crippen LogP contribution in [0.1, 0.15) is 27.3 Å². The summed E-state index contributed by atoms with van der Waals surface area (Å²) in [6.45, 7) is 0.408. The number of benzene rings is 1. The molecule has 3 rings (SSSR count). The lowest BCUT2D eigenvalue weighted by Gasteiger charge is -2.27. The minimum absolute atomic E-state index is 0.0840. The van der Waals surface area contributed by atoms with Crippen molar-refractivity contribution in [2.24, 2.45) is 7.05 Å². The fourth-order valence-electron chi connectivity index (χ4n) is 2.29. The van der Waals surface area contributed by atoms with Crippen molar-refractivity contribution in [3.63, 3.8) is 0 Å². The molecule has 5 heteroatoms. The number of Topliss-reactive ketones (excluding diaryl/α,β-unsaturated/α-hetero) is 1. The number of hydrogen-bond acceptors (Lipinski definition) is 3. The van der Waals surface area contributed by atoms with Gasteiger partial charge >= 0.3 is 0 Å². The topological polar surface area (TPSA) is 55.2 Å². The molecule has 0 fully saturated rings. The number of fused-ring (bicyclic) bond motifs is 1. The largest absolute Gasteiger partial charge is 0.306 e. The maximum absolute atomic E-state index is 12.4. The van der Waals surface area contributed by atoms with E-state index in [0.717, 1.165) is 0 Å². The summed E-state index contributed by atoms with van der Waals surface area (Å²) in [5.74, 6) is -0.0822. The minimum Gasteiger partial charge on any atom is -0.306 e. The van der Waals surface area contributed by atoms with Crippen LogP contribution >= 0.6 is 0 Å². The smallest absolute Gasteiger partial charge is 0.278 e. The van der Waals surface area contributed by atoms with Gasteiger partial charge in [0.05, 0.1) is 5.69 Å². The van der Waals surface area contributed by atoms with E-state index in [1.54, 1.807) is 41.0 Å². The number of anilines is 1. The Kier molecular flexibility index (Phi) is 2.67. The van der Waals surface area contributed by atoms with E-state index in [2.05, 4.69) is 5.10 Å². The number of para-hydroxylation sites is 1. The van der Waals surface area contributed by atoms with Crippen LogP contribution in [-0.2, 0) is 7.05 Å². The predicted octanol–water partition coefficient (Wildman–Crippen LogP) is 1.65. The van der Waals surface area contributed by atoms with Crippen molar-refractivity contribution in [1.82, 2.24) is 9.78 Å². The summed E-state index contributed by atoms with van der Waals surface area (Å²) in [7, 11) is 1.77. The fourth-order valence-corrected chi connectivity index (χ4v) is 2.29. The molecule has 0 atom stereocenters. The number of ketones is 1. The summed E-state index contributed by atoms with van der Waals surface area (Å²) in [6, 6.07) is 8.88. The normalized spacial score (nSPS) is 14.4. The molecule has 0 aliphatic carbocycles. The maximum atomic E-state index is 12.4. The average molecular weight is 255 g/mol. The van der Waals surface area contributed by atoms with Gasteiger partial charge in [0.2, 0.25) is 0 Å². The Morgan fingerprint density at radius 1 is 1.26 bits per heavy atom. The second-order valence-electron chi connectivity index (χ2n) is 4.52. The van der Waals surface area contributed by atoms with Crippen LogP contribution in [-0.4, -0.2) is 28.0 Å². The lowest BCUT2D eigenvalue weighted by molar-refractivity contribution is 0.0952. The zero-order valence-electron chi connectivity index (χ0n) is 10.5. The molecule has 1 aliphatic heterocycles. The minimum atomic E-state index is -0.166. The molecular weight excluding hydrogens is 242 g/mol. The van der Waals surface area contributed by atoms with Crippen molar-refractivity contribution in [2.75, 3.05) is 11.4 Å². The lowest BCUT2D eigenvalue weighted by atomic mass is 10.00. The van der Waals surface area contributed by atoms with Gasteiger partial charge in [-0.25, -0.2) is 0 Å². The third-order valence-electron chi connectivity index (χ3n) is 3.24. The van der Waals surface area contributed by atoms with E-state index >= 15 is 0 Å². The molecule has 0 spiro atoms. The third kappa shape index (κ3) is 1.93. The van der Waals surface area contributed by atoms with Gasteiger partial charge in [-0.1, -0.05) is 12.1 Å². The molecule has 0 N–H and O–H groups in total. The molecule has 0 saturated heterocycles. The molecule has 96 valence electrons. The molecule has 0 bridgehead atoms. The highest BCUT2D eigenvalue weighted by Crippen LogP contribution is 2.27. The summed E-state index contributed by atoms with van der Waals surface area (Å²) in [4.78, 5) is 25.9. The van der Waals surface area contributed by atoms with Crippen molar-refractivity contribution >= 4 is 17.4 Å². The molecule has 1 aromatic heterocycles. The van der Waals surface area contributed by atoms with Gasteiger partial charge in [0.15, 0.2) is 11.5 Å². The zero-order valence-corrected chi connectivity index (χ0v) is 10.5. The first-order chi connectivity index (χ1) is 9.16. The molecule has 1 aliphatic rings. The van der Waals surface area contributed by atoms with Gasteiger partial charge in [-0.2, -0.15) is 5.10 Å². The van der Waals surface area contributed by atoms with Crippen molar-refractivity contribution in [3.05, 3.63) is 47.8 Å². The van der Waals surface area contributed by atoms with E-state index in [-0.39, 0.29) is 11.7 Å². The maximum Gasteiger partial charge on any atom is 0.278 e. The molecule has 2 aromatic rings. The highest BCUT2D eigenvalue weighted by Gasteiger charge is 2.28. The predicted molar refractivity (Wildman–Crippen MR) is 70.3 cm³/mol. The Labute approximate surface area is 110 Å². The van der Waals surface area contributed by atoms with Gasteiger partial charge in [-0.05, 0) is 18.2 Å². The van der Waals surface area contributed by atoms with Gasteiger partial charge in [0.25, 0.3) is 5.91 Å². The van der Waals surface area contributed by atoms with Crippen LogP contribution in [0.3, 0.4) is 0 Å². The molecule has 0 unspecified atom stereocenters. The molecule has 19 heavy (non-hydrogen) atoms. The van der Waals surface area contributed by atoms with E-state index in [9.17, 15) is 9.59 Å². The van der Waals surface area contributed by atoms with Crippen molar-refractivity contribution in [1.29, 1.82) is 0 Å². The summed E-state index contributed by atoms with van der Waals surface area (Å²) in [5.41, 5.74) is 1.68. The Morgan fingerprint density at radius 3 is 2.79 bits per heavy atom. The van der Waals surface area contributed by atoms with Crippen LogP contribution in [0.15, 0.2) is 36.5 Å². The first-order valence-electron chi connectivity index (χ1n) is 6.10. The van der Waals surface area contributed by atoms with E-state index in [1.165, 1.54) is 0 Å². The van der Waals surface area contributed by atoms with Gasteiger partial charge in [-0.15, -0.1) is 0 Å². The number of rotatable bonds is 1. The van der Waals surface area contributed by atoms with Gasteiger partial charge in [-0.3, -0.25) is 14.3 Å². The van der Waals surface area contributed by atoms with Crippen molar-refractivity contribution in [2.45, 2.75) is 6.42 Å². The second-order valence-corrected chi connectivity index (χ2v) is 4.52. The summed E-state index contributed by atoms with van der Waals surface area (Å²) >= 11 is 0. The Bertz CT molecular complexity index is 660. The third-order valence-corrected chi connectivity index (χ3v) is 3.24. The second kappa shape index (κ2) is 4.35. The van der Waals surface area contributed by atoms with E-state index in [4.69, 9.17) is 0 Å². The fraction of sp³-hybridized carbons (Fsp3) is 0.214. The van der Waals surface area contributed by atoms with Gasteiger partial charge < -0.3 is 4.90 Å². The lowest BCUT2D eigenvalue weighted by Crippen LogP contribution is -2.37. The van der Waals surface area contributed by atoms with Crippen LogP contribution in [0.25, 0.3) is 0 Å². The van der Waals surface area contributed by atoms with Crippen molar-refractivity contribution in [3.8, 4) is 0 Å².